The Morgan fingerprint density at radius 2 is 1.82 bits per heavy atom. The van der Waals surface area contributed by atoms with Crippen LogP contribution in [0, 0.1) is 0 Å². The largest absolute Gasteiger partial charge is 0.483 e. The second-order valence-electron chi connectivity index (χ2n) is 7.53. The predicted octanol–water partition coefficient (Wildman–Crippen LogP) is 4.91. The molecule has 4 nitrogen and oxygen atoms in total. The number of hydrogen-bond acceptors (Lipinski definition) is 4. The van der Waals surface area contributed by atoms with Gasteiger partial charge in [0.25, 0.3) is 5.91 Å². The molecule has 0 unspecified atom stereocenters. The van der Waals surface area contributed by atoms with E-state index in [0.29, 0.717) is 6.54 Å². The maximum atomic E-state index is 12.1. The molecule has 0 aliphatic carbocycles. The number of halogens is 1. The van der Waals surface area contributed by atoms with Gasteiger partial charge in [-0.05, 0) is 49.1 Å². The molecule has 1 heterocycles. The Balaban J connectivity index is 0.00000280. The van der Waals surface area contributed by atoms with Gasteiger partial charge in [0, 0.05) is 29.1 Å². The van der Waals surface area contributed by atoms with Gasteiger partial charge in [-0.25, -0.2) is 0 Å². The van der Waals surface area contributed by atoms with Gasteiger partial charge in [0.2, 0.25) is 0 Å². The predicted molar refractivity (Wildman–Crippen MR) is 119 cm³/mol. The van der Waals surface area contributed by atoms with Crippen molar-refractivity contribution in [3.8, 4) is 5.75 Å². The second-order valence-corrected chi connectivity index (χ2v) is 8.57. The molecule has 0 atom stereocenters. The number of carbonyl (C=O) groups excluding carboxylic acids is 1. The van der Waals surface area contributed by atoms with Crippen LogP contribution in [0.5, 0.6) is 5.75 Å². The molecule has 0 aliphatic rings. The molecule has 1 amide bonds. The van der Waals surface area contributed by atoms with Gasteiger partial charge in [-0.1, -0.05) is 36.4 Å². The Kier molecular flexibility index (Phi) is 7.87. The highest BCUT2D eigenvalue weighted by atomic mass is 35.5. The van der Waals surface area contributed by atoms with Crippen molar-refractivity contribution in [3.05, 3.63) is 64.4 Å². The monoisotopic (exact) mass is 418 g/mol. The van der Waals surface area contributed by atoms with Crippen LogP contribution in [0.3, 0.4) is 0 Å². The zero-order chi connectivity index (χ0) is 19.3. The number of rotatable bonds is 7. The van der Waals surface area contributed by atoms with Gasteiger partial charge in [-0.2, -0.15) is 0 Å². The van der Waals surface area contributed by atoms with Gasteiger partial charge in [-0.3, -0.25) is 4.79 Å². The summed E-state index contributed by atoms with van der Waals surface area (Å²) in [6.45, 7) is 7.37. The lowest BCUT2D eigenvalue weighted by atomic mass is 10.0. The van der Waals surface area contributed by atoms with E-state index < -0.39 is 0 Å². The van der Waals surface area contributed by atoms with Gasteiger partial charge >= 0.3 is 0 Å². The average molecular weight is 419 g/mol. The first-order valence-electron chi connectivity index (χ1n) is 9.10. The van der Waals surface area contributed by atoms with E-state index >= 15 is 0 Å². The van der Waals surface area contributed by atoms with Gasteiger partial charge in [0.1, 0.15) is 5.75 Å². The number of ether oxygens (including phenoxy) is 1. The highest BCUT2D eigenvalue weighted by Crippen LogP contribution is 2.28. The summed E-state index contributed by atoms with van der Waals surface area (Å²) in [6, 6.07) is 16.4. The Morgan fingerprint density at radius 3 is 2.54 bits per heavy atom. The van der Waals surface area contributed by atoms with Crippen molar-refractivity contribution in [2.24, 2.45) is 0 Å². The molecular weight excluding hydrogens is 392 g/mol. The molecule has 6 heteroatoms. The summed E-state index contributed by atoms with van der Waals surface area (Å²) in [5, 5.41) is 10.8. The van der Waals surface area contributed by atoms with E-state index in [0.717, 1.165) is 28.6 Å². The van der Waals surface area contributed by atoms with Crippen molar-refractivity contribution in [2.75, 3.05) is 6.61 Å². The zero-order valence-corrected chi connectivity index (χ0v) is 18.1. The standard InChI is InChI=1S/C22H26N2O2S.ClH/c1-22(2,3)24-21(25)15-26-20-11-10-16-7-4-5-9-18(16)19(20)14-23-13-17-8-6-12-27-17;/h4-12,23H,13-15H2,1-3H3,(H,24,25);1H. The van der Waals surface area contributed by atoms with Crippen molar-refractivity contribution in [1.29, 1.82) is 0 Å². The third-order valence-electron chi connectivity index (χ3n) is 4.05. The fraction of sp³-hybridized carbons (Fsp3) is 0.318. The summed E-state index contributed by atoms with van der Waals surface area (Å²) in [5.41, 5.74) is 0.808. The van der Waals surface area contributed by atoms with E-state index in [9.17, 15) is 4.79 Å². The summed E-state index contributed by atoms with van der Waals surface area (Å²) in [7, 11) is 0. The van der Waals surface area contributed by atoms with Crippen LogP contribution in [0.2, 0.25) is 0 Å². The molecule has 1 aromatic heterocycles. The third kappa shape index (κ3) is 6.23. The molecule has 0 saturated carbocycles. The first-order valence-corrected chi connectivity index (χ1v) is 9.98. The van der Waals surface area contributed by atoms with Crippen LogP contribution in [0.25, 0.3) is 10.8 Å². The SMILES string of the molecule is CC(C)(C)NC(=O)COc1ccc2ccccc2c1CNCc1cccs1.Cl. The second kappa shape index (κ2) is 9.92. The zero-order valence-electron chi connectivity index (χ0n) is 16.5. The van der Waals surface area contributed by atoms with Crippen LogP contribution in [-0.2, 0) is 17.9 Å². The molecule has 0 aliphatic heterocycles. The molecule has 0 radical (unpaired) electrons. The number of thiophene rings is 1. The normalized spacial score (nSPS) is 11.1. The summed E-state index contributed by atoms with van der Waals surface area (Å²) >= 11 is 1.74. The summed E-state index contributed by atoms with van der Waals surface area (Å²) in [4.78, 5) is 13.4. The molecule has 2 aromatic carbocycles. The molecule has 0 spiro atoms. The van der Waals surface area contributed by atoms with E-state index in [1.165, 1.54) is 4.88 Å². The van der Waals surface area contributed by atoms with E-state index in [1.807, 2.05) is 45.0 Å². The highest BCUT2D eigenvalue weighted by Gasteiger charge is 2.15. The van der Waals surface area contributed by atoms with E-state index in [2.05, 4.69) is 40.3 Å². The summed E-state index contributed by atoms with van der Waals surface area (Å²) < 4.78 is 5.89. The Morgan fingerprint density at radius 1 is 1.04 bits per heavy atom. The maximum absolute atomic E-state index is 12.1. The van der Waals surface area contributed by atoms with Crippen LogP contribution < -0.4 is 15.4 Å². The van der Waals surface area contributed by atoms with Crippen LogP contribution in [-0.4, -0.2) is 18.1 Å². The molecule has 2 N–H and O–H groups in total. The highest BCUT2D eigenvalue weighted by molar-refractivity contribution is 7.09. The fourth-order valence-electron chi connectivity index (χ4n) is 2.96. The van der Waals surface area contributed by atoms with Crippen molar-refractivity contribution >= 4 is 40.4 Å². The van der Waals surface area contributed by atoms with E-state index in [1.54, 1.807) is 11.3 Å². The van der Waals surface area contributed by atoms with Crippen molar-refractivity contribution in [3.63, 3.8) is 0 Å². The lowest BCUT2D eigenvalue weighted by molar-refractivity contribution is -0.124. The lowest BCUT2D eigenvalue weighted by Crippen LogP contribution is -2.43. The number of benzene rings is 2. The number of amides is 1. The van der Waals surface area contributed by atoms with Crippen molar-refractivity contribution in [2.45, 2.75) is 39.4 Å². The molecule has 28 heavy (non-hydrogen) atoms. The van der Waals surface area contributed by atoms with Crippen LogP contribution in [0.4, 0.5) is 0 Å². The molecule has 3 rings (SSSR count). The Hall–Kier alpha value is -2.08. The third-order valence-corrected chi connectivity index (χ3v) is 4.93. The average Bonchev–Trinajstić information content (AvgIpc) is 3.12. The fourth-order valence-corrected chi connectivity index (χ4v) is 3.63. The minimum Gasteiger partial charge on any atom is -0.483 e. The van der Waals surface area contributed by atoms with E-state index in [4.69, 9.17) is 4.74 Å². The number of nitrogens with one attached hydrogen (secondary N) is 2. The molecule has 0 fully saturated rings. The number of hydrogen-bond donors (Lipinski definition) is 2. The first kappa shape index (κ1) is 22.2. The Bertz CT molecular complexity index is 905. The van der Waals surface area contributed by atoms with Gasteiger partial charge in [-0.15, -0.1) is 23.7 Å². The Labute approximate surface area is 176 Å². The quantitative estimate of drug-likeness (QED) is 0.573. The van der Waals surface area contributed by atoms with Crippen molar-refractivity contribution in [1.82, 2.24) is 10.6 Å². The first-order chi connectivity index (χ1) is 12.9. The van der Waals surface area contributed by atoms with Crippen molar-refractivity contribution < 1.29 is 9.53 Å². The molecule has 0 bridgehead atoms. The minimum atomic E-state index is -0.269. The molecule has 3 aromatic rings. The maximum Gasteiger partial charge on any atom is 0.258 e. The van der Waals surface area contributed by atoms with Gasteiger partial charge in [0.05, 0.1) is 0 Å². The number of fused-ring (bicyclic) bond motifs is 1. The number of carbonyl (C=O) groups is 1. The minimum absolute atomic E-state index is 0. The lowest BCUT2D eigenvalue weighted by Gasteiger charge is -2.21. The van der Waals surface area contributed by atoms with Crippen LogP contribution in [0.15, 0.2) is 53.9 Å². The molecule has 0 saturated heterocycles. The summed E-state index contributed by atoms with van der Waals surface area (Å²) in [6.07, 6.45) is 0. The van der Waals surface area contributed by atoms with Crippen LogP contribution >= 0.6 is 23.7 Å². The smallest absolute Gasteiger partial charge is 0.258 e. The van der Waals surface area contributed by atoms with Gasteiger partial charge < -0.3 is 15.4 Å². The van der Waals surface area contributed by atoms with E-state index in [-0.39, 0.29) is 30.5 Å². The van der Waals surface area contributed by atoms with Gasteiger partial charge in [0.15, 0.2) is 6.61 Å². The van der Waals surface area contributed by atoms with Crippen LogP contribution in [0.1, 0.15) is 31.2 Å². The summed E-state index contributed by atoms with van der Waals surface area (Å²) in [5.74, 6) is 0.629. The molecule has 150 valence electrons. The topological polar surface area (TPSA) is 50.4 Å². The molecular formula is C22H27ClN2O2S.